The van der Waals surface area contributed by atoms with Crippen LogP contribution in [0.4, 0.5) is 10.6 Å². The highest BCUT2D eigenvalue weighted by atomic mass is 35.5. The molecule has 0 radical (unpaired) electrons. The van der Waals surface area contributed by atoms with Crippen LogP contribution in [0.2, 0.25) is 5.02 Å². The van der Waals surface area contributed by atoms with Gasteiger partial charge in [0, 0.05) is 6.20 Å². The van der Waals surface area contributed by atoms with Crippen LogP contribution in [0.25, 0.3) is 0 Å². The van der Waals surface area contributed by atoms with Crippen LogP contribution in [0.15, 0.2) is 53.6 Å². The zero-order chi connectivity index (χ0) is 13.9. The van der Waals surface area contributed by atoms with Crippen molar-refractivity contribution in [1.29, 1.82) is 0 Å². The molecule has 0 atom stereocenters. The monoisotopic (exact) mass is 296 g/mol. The summed E-state index contributed by atoms with van der Waals surface area (Å²) in [6.45, 7) is 0. The highest BCUT2D eigenvalue weighted by molar-refractivity contribution is 8.06. The van der Waals surface area contributed by atoms with E-state index in [0.717, 1.165) is 0 Å². The average molecular weight is 297 g/mol. The molecule has 0 saturated carbocycles. The number of carbonyl (C=O) groups is 1. The third kappa shape index (κ3) is 3.10. The van der Waals surface area contributed by atoms with Crippen LogP contribution in [0.1, 0.15) is 0 Å². The van der Waals surface area contributed by atoms with Gasteiger partial charge in [-0.2, -0.15) is 0 Å². The van der Waals surface area contributed by atoms with E-state index in [9.17, 15) is 13.2 Å². The summed E-state index contributed by atoms with van der Waals surface area (Å²) in [5.41, 5.74) is 0. The van der Waals surface area contributed by atoms with Crippen LogP contribution < -0.4 is 5.32 Å². The summed E-state index contributed by atoms with van der Waals surface area (Å²) in [4.78, 5) is 15.5. The number of pyridine rings is 1. The summed E-state index contributed by atoms with van der Waals surface area (Å²) in [6, 6.07) is 10.4. The van der Waals surface area contributed by atoms with Gasteiger partial charge in [0.05, 0.1) is 9.92 Å². The minimum Gasteiger partial charge on any atom is -0.297 e. The molecule has 0 aliphatic carbocycles. The van der Waals surface area contributed by atoms with Crippen molar-refractivity contribution in [3.63, 3.8) is 0 Å². The van der Waals surface area contributed by atoms with Crippen LogP contribution in [0.3, 0.4) is 0 Å². The number of hydrogen-bond acceptors (Lipinski definition) is 4. The number of rotatable bonds is 2. The molecule has 0 saturated heterocycles. The van der Waals surface area contributed by atoms with Crippen LogP contribution in [-0.4, -0.2) is 18.6 Å². The topological polar surface area (TPSA) is 76.1 Å². The van der Waals surface area contributed by atoms with Gasteiger partial charge in [0.15, 0.2) is 0 Å². The predicted octanol–water partition coefficient (Wildman–Crippen LogP) is 2.74. The lowest BCUT2D eigenvalue weighted by molar-refractivity contribution is 0.267. The summed E-state index contributed by atoms with van der Waals surface area (Å²) in [5, 5.41) is 1.47. The summed E-state index contributed by atoms with van der Waals surface area (Å²) < 4.78 is 23.9. The van der Waals surface area contributed by atoms with E-state index in [4.69, 9.17) is 11.6 Å². The fourth-order valence-electron chi connectivity index (χ4n) is 1.33. The first-order chi connectivity index (χ1) is 9.00. The molecule has 1 aromatic carbocycles. The number of aromatic nitrogens is 1. The van der Waals surface area contributed by atoms with Crippen molar-refractivity contribution in [2.45, 2.75) is 4.90 Å². The van der Waals surface area contributed by atoms with Gasteiger partial charge in [-0.25, -0.2) is 13.4 Å². The van der Waals surface area contributed by atoms with E-state index in [1.807, 2.05) is 0 Å². The second-order valence-electron chi connectivity index (χ2n) is 3.59. The summed E-state index contributed by atoms with van der Waals surface area (Å²) in [5.74, 6) is 0.119. The van der Waals surface area contributed by atoms with Crippen LogP contribution in [0.5, 0.6) is 0 Å². The molecule has 2 aromatic rings. The Balaban J connectivity index is 2.23. The molecule has 0 unspecified atom stereocenters. The lowest BCUT2D eigenvalue weighted by Crippen LogP contribution is -2.22. The number of nitrogens with zero attached hydrogens (tertiary/aromatic N) is 1. The molecule has 0 fully saturated rings. The normalized spacial score (nSPS) is 11.0. The van der Waals surface area contributed by atoms with E-state index in [0.29, 0.717) is 5.02 Å². The summed E-state index contributed by atoms with van der Waals surface area (Å²) >= 11 is 5.64. The van der Waals surface area contributed by atoms with Crippen LogP contribution in [0, 0.1) is 0 Å². The molecular weight excluding hydrogens is 288 g/mol. The molecule has 0 bridgehead atoms. The second-order valence-corrected chi connectivity index (χ2v) is 5.88. The number of hydrogen-bond donors (Lipinski definition) is 1. The van der Waals surface area contributed by atoms with Crippen molar-refractivity contribution < 1.29 is 13.2 Å². The Hall–Kier alpha value is -1.92. The SMILES string of the molecule is O=C(Nc1ccc(Cl)cn1)S(=O)(=O)c1ccccc1. The fraction of sp³-hybridized carbons (Fsp3) is 0. The average Bonchev–Trinajstić information content (AvgIpc) is 2.42. The molecule has 19 heavy (non-hydrogen) atoms. The molecule has 1 amide bonds. The van der Waals surface area contributed by atoms with Crippen molar-refractivity contribution in [2.24, 2.45) is 0 Å². The Morgan fingerprint density at radius 2 is 1.79 bits per heavy atom. The van der Waals surface area contributed by atoms with Gasteiger partial charge in [0.1, 0.15) is 5.82 Å². The highest BCUT2D eigenvalue weighted by Crippen LogP contribution is 2.15. The predicted molar refractivity (Wildman–Crippen MR) is 71.9 cm³/mol. The smallest absolute Gasteiger partial charge is 0.297 e. The first-order valence-electron chi connectivity index (χ1n) is 5.23. The molecule has 1 heterocycles. The van der Waals surface area contributed by atoms with Gasteiger partial charge in [-0.05, 0) is 24.3 Å². The Kier molecular flexibility index (Phi) is 3.82. The number of sulfone groups is 1. The Morgan fingerprint density at radius 1 is 1.11 bits per heavy atom. The largest absolute Gasteiger partial charge is 0.346 e. The van der Waals surface area contributed by atoms with Gasteiger partial charge < -0.3 is 0 Å². The van der Waals surface area contributed by atoms with Crippen molar-refractivity contribution >= 4 is 32.5 Å². The molecule has 0 spiro atoms. The van der Waals surface area contributed by atoms with Gasteiger partial charge in [-0.3, -0.25) is 10.1 Å². The molecule has 98 valence electrons. The molecule has 7 heteroatoms. The van der Waals surface area contributed by atoms with E-state index < -0.39 is 15.1 Å². The maximum Gasteiger partial charge on any atom is 0.346 e. The molecular formula is C12H9ClN2O3S. The maximum atomic E-state index is 11.9. The summed E-state index contributed by atoms with van der Waals surface area (Å²) in [7, 11) is -4.07. The number of nitrogens with one attached hydrogen (secondary N) is 1. The van der Waals surface area contributed by atoms with Crippen LogP contribution >= 0.6 is 11.6 Å². The number of amides is 1. The van der Waals surface area contributed by atoms with E-state index in [-0.39, 0.29) is 10.7 Å². The second kappa shape index (κ2) is 5.38. The zero-order valence-electron chi connectivity index (χ0n) is 9.58. The lowest BCUT2D eigenvalue weighted by Gasteiger charge is -2.05. The number of halogens is 1. The Bertz CT molecular complexity index is 685. The van der Waals surface area contributed by atoms with Crippen LogP contribution in [-0.2, 0) is 9.84 Å². The molecule has 5 nitrogen and oxygen atoms in total. The standard InChI is InChI=1S/C12H9ClN2O3S/c13-9-6-7-11(14-8-9)15-12(16)19(17,18)10-4-2-1-3-5-10/h1-8H,(H,14,15,16). The van der Waals surface area contributed by atoms with E-state index in [2.05, 4.69) is 10.3 Å². The third-order valence-corrected chi connectivity index (χ3v) is 3.96. The number of benzene rings is 1. The van der Waals surface area contributed by atoms with Crippen molar-refractivity contribution in [1.82, 2.24) is 4.98 Å². The fourth-order valence-corrected chi connectivity index (χ4v) is 2.41. The minimum atomic E-state index is -4.07. The number of carbonyl (C=O) groups excluding carboxylic acids is 1. The lowest BCUT2D eigenvalue weighted by atomic mass is 10.4. The first kappa shape index (κ1) is 13.5. The molecule has 0 aliphatic rings. The minimum absolute atomic E-state index is 0.0681. The molecule has 2 rings (SSSR count). The van der Waals surface area contributed by atoms with E-state index in [1.54, 1.807) is 18.2 Å². The van der Waals surface area contributed by atoms with E-state index >= 15 is 0 Å². The third-order valence-electron chi connectivity index (χ3n) is 2.26. The zero-order valence-corrected chi connectivity index (χ0v) is 11.1. The molecule has 1 N–H and O–H groups in total. The Morgan fingerprint density at radius 3 is 2.37 bits per heavy atom. The first-order valence-corrected chi connectivity index (χ1v) is 7.09. The van der Waals surface area contributed by atoms with Gasteiger partial charge in [0.25, 0.3) is 9.84 Å². The molecule has 1 aromatic heterocycles. The maximum absolute atomic E-state index is 11.9. The van der Waals surface area contributed by atoms with Crippen molar-refractivity contribution in [3.05, 3.63) is 53.7 Å². The Labute approximate surface area is 115 Å². The van der Waals surface area contributed by atoms with Gasteiger partial charge in [-0.15, -0.1) is 0 Å². The number of anilines is 1. The molecule has 0 aliphatic heterocycles. The van der Waals surface area contributed by atoms with Gasteiger partial charge in [-0.1, -0.05) is 29.8 Å². The van der Waals surface area contributed by atoms with Gasteiger partial charge >= 0.3 is 5.24 Å². The van der Waals surface area contributed by atoms with Gasteiger partial charge in [0.2, 0.25) is 0 Å². The van der Waals surface area contributed by atoms with E-state index in [1.165, 1.54) is 30.5 Å². The highest BCUT2D eigenvalue weighted by Gasteiger charge is 2.24. The summed E-state index contributed by atoms with van der Waals surface area (Å²) in [6.07, 6.45) is 1.31. The van der Waals surface area contributed by atoms with Crippen molar-refractivity contribution in [2.75, 3.05) is 5.32 Å². The quantitative estimate of drug-likeness (QED) is 0.924. The van der Waals surface area contributed by atoms with Crippen molar-refractivity contribution in [3.8, 4) is 0 Å².